The van der Waals surface area contributed by atoms with Crippen LogP contribution in [0.3, 0.4) is 0 Å². The lowest BCUT2D eigenvalue weighted by Gasteiger charge is -2.59. The summed E-state index contributed by atoms with van der Waals surface area (Å²) in [4.78, 5) is 0. The van der Waals surface area contributed by atoms with E-state index >= 15 is 0 Å². The topological polar surface area (TPSA) is 42.0 Å². The number of fused-ring (bicyclic) bond motifs is 5. The van der Waals surface area contributed by atoms with Gasteiger partial charge in [-0.15, -0.1) is 0 Å². The van der Waals surface area contributed by atoms with Gasteiger partial charge in [-0.25, -0.2) is 0 Å². The van der Waals surface area contributed by atoms with Gasteiger partial charge in [-0.3, -0.25) is 0 Å². The molecule has 2 aromatic rings. The van der Waals surface area contributed by atoms with Crippen molar-refractivity contribution in [1.82, 2.24) is 0 Å². The average molecular weight is 571 g/mol. The van der Waals surface area contributed by atoms with E-state index in [-0.39, 0.29) is 28.1 Å². The summed E-state index contributed by atoms with van der Waals surface area (Å²) in [7, 11) is -2.57. The summed E-state index contributed by atoms with van der Waals surface area (Å²) in [6.07, 6.45) is 12.0. The number of aliphatic hydroxyl groups is 1. The second-order valence-corrected chi connectivity index (χ2v) is 19.9. The normalized spacial score (nSPS) is 40.2. The number of ether oxygens (including phenoxy) is 1. The van der Waals surface area contributed by atoms with Gasteiger partial charge >= 0.3 is 0 Å². The smallest absolute Gasteiger partial charge is 0.261 e. The first-order chi connectivity index (χ1) is 19.5. The second kappa shape index (κ2) is 9.64. The van der Waals surface area contributed by atoms with Crippen molar-refractivity contribution in [3.8, 4) is 0 Å². The van der Waals surface area contributed by atoms with Gasteiger partial charge in [0.2, 0.25) is 0 Å². The van der Waals surface area contributed by atoms with Gasteiger partial charge in [0.05, 0.1) is 12.2 Å². The predicted molar refractivity (Wildman–Crippen MR) is 169 cm³/mol. The molecule has 0 spiro atoms. The molecule has 1 saturated heterocycles. The highest BCUT2D eigenvalue weighted by atomic mass is 28.4. The highest BCUT2D eigenvalue weighted by Crippen LogP contribution is 2.68. The van der Waals surface area contributed by atoms with Crippen LogP contribution >= 0.6 is 0 Å². The molecule has 4 heteroatoms. The van der Waals surface area contributed by atoms with E-state index in [0.29, 0.717) is 11.8 Å². The van der Waals surface area contributed by atoms with Crippen LogP contribution in [0.25, 0.3) is 0 Å². The zero-order valence-electron chi connectivity index (χ0n) is 25.9. The van der Waals surface area contributed by atoms with Gasteiger partial charge in [-0.1, -0.05) is 107 Å². The molecule has 0 amide bonds. The van der Waals surface area contributed by atoms with Crippen LogP contribution in [0.2, 0.25) is 5.04 Å². The van der Waals surface area contributed by atoms with E-state index in [4.69, 9.17) is 9.16 Å². The van der Waals surface area contributed by atoms with Crippen molar-refractivity contribution in [2.24, 2.45) is 28.6 Å². The number of hydrogen-bond acceptors (Lipinski definition) is 3. The van der Waals surface area contributed by atoms with Gasteiger partial charge in [-0.2, -0.15) is 0 Å². The van der Waals surface area contributed by atoms with Crippen molar-refractivity contribution in [3.63, 3.8) is 0 Å². The molecule has 1 heterocycles. The minimum Gasteiger partial charge on any atom is -0.404 e. The van der Waals surface area contributed by atoms with Crippen LogP contribution < -0.4 is 10.4 Å². The van der Waals surface area contributed by atoms with Crippen LogP contribution in [0.1, 0.15) is 86.0 Å². The Morgan fingerprint density at radius 2 is 1.46 bits per heavy atom. The highest BCUT2D eigenvalue weighted by Gasteiger charge is 2.68. The molecule has 3 saturated carbocycles. The maximum atomic E-state index is 11.8. The summed E-state index contributed by atoms with van der Waals surface area (Å²) in [5, 5.41) is 14.6. The van der Waals surface area contributed by atoms with Crippen molar-refractivity contribution in [2.75, 3.05) is 6.61 Å². The minimum atomic E-state index is -2.57. The summed E-state index contributed by atoms with van der Waals surface area (Å²) >= 11 is 0. The molecule has 0 aromatic heterocycles. The fraction of sp³-hybridized carbons (Fsp3) is 0.622. The molecular weight excluding hydrogens is 520 g/mol. The Morgan fingerprint density at radius 1 is 0.854 bits per heavy atom. The van der Waals surface area contributed by atoms with E-state index in [0.717, 1.165) is 44.6 Å². The summed E-state index contributed by atoms with van der Waals surface area (Å²) in [5.41, 5.74) is 1.30. The van der Waals surface area contributed by atoms with E-state index < -0.39 is 13.9 Å². The molecule has 5 aliphatic rings. The number of epoxide rings is 1. The lowest BCUT2D eigenvalue weighted by molar-refractivity contribution is -0.134. The zero-order chi connectivity index (χ0) is 28.7. The molecule has 4 unspecified atom stereocenters. The molecule has 1 aliphatic heterocycles. The van der Waals surface area contributed by atoms with Crippen LogP contribution in [0.4, 0.5) is 0 Å². The maximum Gasteiger partial charge on any atom is 0.261 e. The quantitative estimate of drug-likeness (QED) is 0.239. The minimum absolute atomic E-state index is 0.000624. The lowest BCUT2D eigenvalue weighted by atomic mass is 9.47. The average Bonchev–Trinajstić information content (AvgIpc) is 3.78. The van der Waals surface area contributed by atoms with Gasteiger partial charge in [0.25, 0.3) is 8.32 Å². The Bertz CT molecular complexity index is 1260. The first kappa shape index (κ1) is 28.1. The zero-order valence-corrected chi connectivity index (χ0v) is 26.9. The summed E-state index contributed by atoms with van der Waals surface area (Å²) in [6.45, 7) is 12.9. The van der Waals surface area contributed by atoms with E-state index in [2.05, 4.69) is 101 Å². The number of allylic oxidation sites excluding steroid dienone is 1. The third-order valence-electron chi connectivity index (χ3n) is 12.9. The van der Waals surface area contributed by atoms with Gasteiger partial charge in [0, 0.05) is 11.5 Å². The highest BCUT2D eigenvalue weighted by molar-refractivity contribution is 6.99. The second-order valence-electron chi connectivity index (χ2n) is 15.6. The molecule has 0 radical (unpaired) electrons. The SMILES string of the molecule is CC(C)(C)[Si](O[C@H]1CC[C@@]2(C)C(=CCC3C2CC[C@@]2(C)C3CC[C@@]2(O)C2CO2)C1)(c1ccccc1)c1ccccc1. The number of benzene rings is 2. The fourth-order valence-corrected chi connectivity index (χ4v) is 15.3. The molecule has 4 aliphatic carbocycles. The number of hydrogen-bond donors (Lipinski definition) is 1. The standard InChI is InChI=1S/C37H50O3Si/c1-34(2,3)41(28-12-8-6-9-13-28,29-14-10-7-11-15-29)40-27-18-21-35(4)26(24-27)16-17-30-31(35)19-22-36(5)32(30)20-23-37(36,38)33-25-39-33/h6-16,27,30-33,38H,17-25H2,1-5H3/t27-,30?,31?,32?,33?,35-,36-,37+/m0/s1. The van der Waals surface area contributed by atoms with Gasteiger partial charge < -0.3 is 14.3 Å². The molecule has 1 N–H and O–H groups in total. The van der Waals surface area contributed by atoms with E-state index in [1.165, 1.54) is 29.6 Å². The monoisotopic (exact) mass is 570 g/mol. The Balaban J connectivity index is 1.19. The van der Waals surface area contributed by atoms with Crippen LogP contribution in [-0.2, 0) is 9.16 Å². The third-order valence-corrected chi connectivity index (χ3v) is 18.0. The first-order valence-corrected chi connectivity index (χ1v) is 18.3. The summed E-state index contributed by atoms with van der Waals surface area (Å²) < 4.78 is 13.4. The van der Waals surface area contributed by atoms with E-state index in [1.807, 2.05) is 0 Å². The van der Waals surface area contributed by atoms with E-state index in [1.54, 1.807) is 5.57 Å². The van der Waals surface area contributed by atoms with Crippen molar-refractivity contribution in [3.05, 3.63) is 72.3 Å². The molecule has 8 atom stereocenters. The maximum absolute atomic E-state index is 11.8. The van der Waals surface area contributed by atoms with Crippen molar-refractivity contribution < 1.29 is 14.3 Å². The van der Waals surface area contributed by atoms with Crippen molar-refractivity contribution >= 4 is 18.7 Å². The van der Waals surface area contributed by atoms with Crippen molar-refractivity contribution in [2.45, 2.75) is 109 Å². The van der Waals surface area contributed by atoms with Crippen molar-refractivity contribution in [1.29, 1.82) is 0 Å². The van der Waals surface area contributed by atoms with E-state index in [9.17, 15) is 5.11 Å². The molecule has 2 aromatic carbocycles. The molecule has 220 valence electrons. The Morgan fingerprint density at radius 3 is 2.05 bits per heavy atom. The van der Waals surface area contributed by atoms with Gasteiger partial charge in [-0.05, 0) is 89.9 Å². The molecule has 41 heavy (non-hydrogen) atoms. The molecule has 0 bridgehead atoms. The summed E-state index contributed by atoms with van der Waals surface area (Å²) in [6, 6.07) is 22.3. The largest absolute Gasteiger partial charge is 0.404 e. The summed E-state index contributed by atoms with van der Waals surface area (Å²) in [5.74, 6) is 2.01. The Kier molecular flexibility index (Phi) is 6.60. The third kappa shape index (κ3) is 4.07. The van der Waals surface area contributed by atoms with Crippen LogP contribution in [0.5, 0.6) is 0 Å². The molecular formula is C37H50O3Si. The van der Waals surface area contributed by atoms with Crippen LogP contribution in [0, 0.1) is 28.6 Å². The number of rotatable bonds is 5. The Labute approximate surface area is 248 Å². The molecule has 4 fully saturated rings. The Hall–Kier alpha value is -1.72. The fourth-order valence-electron chi connectivity index (χ4n) is 10.6. The van der Waals surface area contributed by atoms with Crippen LogP contribution in [0.15, 0.2) is 72.3 Å². The lowest BCUT2D eigenvalue weighted by Crippen LogP contribution is -2.68. The molecule has 7 rings (SSSR count). The van der Waals surface area contributed by atoms with Crippen LogP contribution in [-0.4, -0.2) is 37.8 Å². The predicted octanol–water partition coefficient (Wildman–Crippen LogP) is 7.02. The van der Waals surface area contributed by atoms with Gasteiger partial charge in [0.1, 0.15) is 6.10 Å². The first-order valence-electron chi connectivity index (χ1n) is 16.4. The molecule has 3 nitrogen and oxygen atoms in total. The van der Waals surface area contributed by atoms with Gasteiger partial charge in [0.15, 0.2) is 0 Å².